The van der Waals surface area contributed by atoms with Crippen molar-refractivity contribution in [3.05, 3.63) is 47.7 Å². The minimum absolute atomic E-state index is 0.0486. The first-order chi connectivity index (χ1) is 7.09. The zero-order chi connectivity index (χ0) is 11.3. The first-order valence-corrected chi connectivity index (χ1v) is 4.58. The Kier molecular flexibility index (Phi) is 3.88. The lowest BCUT2D eigenvalue weighted by Gasteiger charge is -2.04. The summed E-state index contributed by atoms with van der Waals surface area (Å²) in [7, 11) is 0. The summed E-state index contributed by atoms with van der Waals surface area (Å²) in [6.07, 6.45) is 1.61. The van der Waals surface area contributed by atoms with Crippen molar-refractivity contribution in [3.63, 3.8) is 0 Å². The van der Waals surface area contributed by atoms with Crippen LogP contribution in [-0.2, 0) is 11.2 Å². The van der Waals surface area contributed by atoms with Crippen LogP contribution in [0.25, 0.3) is 0 Å². The van der Waals surface area contributed by atoms with E-state index in [1.807, 2.05) is 30.3 Å². The Hall–Kier alpha value is -1.81. The maximum absolute atomic E-state index is 10.6. The molecule has 0 saturated heterocycles. The average Bonchev–Trinajstić information content (AvgIpc) is 2.18. The third kappa shape index (κ3) is 3.83. The van der Waals surface area contributed by atoms with Gasteiger partial charge in [-0.05, 0) is 11.6 Å². The minimum Gasteiger partial charge on any atom is -0.512 e. The van der Waals surface area contributed by atoms with Gasteiger partial charge in [0.2, 0.25) is 5.91 Å². The molecule has 0 spiro atoms. The van der Waals surface area contributed by atoms with E-state index in [1.165, 1.54) is 6.08 Å². The topological polar surface area (TPSA) is 89.3 Å². The number of amides is 1. The largest absolute Gasteiger partial charge is 0.512 e. The number of allylic oxidation sites excluding steroid dienone is 1. The molecule has 0 fully saturated rings. The first-order valence-electron chi connectivity index (χ1n) is 4.58. The van der Waals surface area contributed by atoms with E-state index in [9.17, 15) is 9.90 Å². The number of aliphatic hydroxyl groups is 1. The van der Waals surface area contributed by atoms with Gasteiger partial charge in [0.1, 0.15) is 6.04 Å². The summed E-state index contributed by atoms with van der Waals surface area (Å²) in [5.41, 5.74) is 11.3. The van der Waals surface area contributed by atoms with Crippen LogP contribution < -0.4 is 11.5 Å². The maximum atomic E-state index is 10.6. The van der Waals surface area contributed by atoms with Crippen molar-refractivity contribution in [2.45, 2.75) is 12.5 Å². The predicted molar refractivity (Wildman–Crippen MR) is 58.0 cm³/mol. The molecule has 0 saturated carbocycles. The summed E-state index contributed by atoms with van der Waals surface area (Å²) < 4.78 is 0. The highest BCUT2D eigenvalue weighted by molar-refractivity contribution is 5.81. The van der Waals surface area contributed by atoms with Crippen molar-refractivity contribution in [2.75, 3.05) is 0 Å². The highest BCUT2D eigenvalue weighted by Gasteiger charge is 2.07. The van der Waals surface area contributed by atoms with Crippen molar-refractivity contribution >= 4 is 5.91 Å². The molecule has 0 aliphatic heterocycles. The van der Waals surface area contributed by atoms with E-state index < -0.39 is 11.9 Å². The fourth-order valence-electron chi connectivity index (χ4n) is 1.15. The lowest BCUT2D eigenvalue weighted by Crippen LogP contribution is -2.34. The summed E-state index contributed by atoms with van der Waals surface area (Å²) >= 11 is 0. The number of aliphatic hydroxyl groups excluding tert-OH is 1. The number of rotatable bonds is 4. The molecule has 0 radical (unpaired) electrons. The van der Waals surface area contributed by atoms with Gasteiger partial charge in [0.05, 0.1) is 5.76 Å². The Morgan fingerprint density at radius 3 is 2.53 bits per heavy atom. The summed E-state index contributed by atoms with van der Waals surface area (Å²) in [6, 6.07) is 8.44. The lowest BCUT2D eigenvalue weighted by molar-refractivity contribution is -0.118. The van der Waals surface area contributed by atoms with Crippen molar-refractivity contribution in [1.82, 2.24) is 0 Å². The van der Waals surface area contributed by atoms with Crippen molar-refractivity contribution in [1.29, 1.82) is 0 Å². The van der Waals surface area contributed by atoms with Crippen LogP contribution in [0.1, 0.15) is 5.56 Å². The molecule has 1 aromatic carbocycles. The summed E-state index contributed by atoms with van der Waals surface area (Å²) in [5, 5.41) is 9.50. The van der Waals surface area contributed by atoms with Gasteiger partial charge in [-0.15, -0.1) is 0 Å². The van der Waals surface area contributed by atoms with Gasteiger partial charge in [0, 0.05) is 6.42 Å². The fourth-order valence-corrected chi connectivity index (χ4v) is 1.15. The number of nitrogens with two attached hydrogens (primary N) is 2. The summed E-state index contributed by atoms with van der Waals surface area (Å²) in [4.78, 5) is 10.6. The summed E-state index contributed by atoms with van der Waals surface area (Å²) in [6.45, 7) is 0. The van der Waals surface area contributed by atoms with Gasteiger partial charge in [-0.1, -0.05) is 30.3 Å². The van der Waals surface area contributed by atoms with E-state index in [0.29, 0.717) is 6.42 Å². The number of carbonyl (C=O) groups excluding carboxylic acids is 1. The van der Waals surface area contributed by atoms with Crippen molar-refractivity contribution < 1.29 is 9.90 Å². The molecule has 0 heterocycles. The molecule has 1 unspecified atom stereocenters. The molecule has 0 bridgehead atoms. The van der Waals surface area contributed by atoms with E-state index in [4.69, 9.17) is 11.5 Å². The zero-order valence-corrected chi connectivity index (χ0v) is 8.26. The molecule has 4 heteroatoms. The molecule has 1 rings (SSSR count). The molecule has 5 N–H and O–H groups in total. The molecular formula is C11H14N2O2. The number of benzene rings is 1. The number of hydrogen-bond acceptors (Lipinski definition) is 3. The molecule has 80 valence electrons. The SMILES string of the molecule is NC(=O)C(N)/C=C(\O)Cc1ccccc1. The molecule has 1 atom stereocenters. The van der Waals surface area contributed by atoms with Gasteiger partial charge < -0.3 is 16.6 Å². The van der Waals surface area contributed by atoms with Crippen LogP contribution in [0.4, 0.5) is 0 Å². The third-order valence-corrected chi connectivity index (χ3v) is 1.93. The fraction of sp³-hybridized carbons (Fsp3) is 0.182. The zero-order valence-electron chi connectivity index (χ0n) is 8.26. The Morgan fingerprint density at radius 1 is 1.40 bits per heavy atom. The number of primary amides is 1. The highest BCUT2D eigenvalue weighted by Crippen LogP contribution is 2.05. The molecule has 0 aliphatic rings. The van der Waals surface area contributed by atoms with E-state index in [2.05, 4.69) is 0 Å². The van der Waals surface area contributed by atoms with Gasteiger partial charge in [-0.25, -0.2) is 0 Å². The van der Waals surface area contributed by atoms with Crippen LogP contribution in [0.5, 0.6) is 0 Å². The third-order valence-electron chi connectivity index (χ3n) is 1.93. The minimum atomic E-state index is -0.936. The Balaban J connectivity index is 2.63. The monoisotopic (exact) mass is 206 g/mol. The second-order valence-corrected chi connectivity index (χ2v) is 3.25. The number of carbonyl (C=O) groups is 1. The van der Waals surface area contributed by atoms with E-state index in [1.54, 1.807) is 0 Å². The van der Waals surface area contributed by atoms with Crippen LogP contribution in [0.2, 0.25) is 0 Å². The maximum Gasteiger partial charge on any atom is 0.238 e. The van der Waals surface area contributed by atoms with E-state index in [-0.39, 0.29) is 5.76 Å². The van der Waals surface area contributed by atoms with Crippen LogP contribution in [-0.4, -0.2) is 17.1 Å². The van der Waals surface area contributed by atoms with Crippen LogP contribution in [0.15, 0.2) is 42.2 Å². The van der Waals surface area contributed by atoms with Crippen LogP contribution in [0.3, 0.4) is 0 Å². The quantitative estimate of drug-likeness (QED) is 0.626. The smallest absolute Gasteiger partial charge is 0.238 e. The second-order valence-electron chi connectivity index (χ2n) is 3.25. The molecule has 4 nitrogen and oxygen atoms in total. The van der Waals surface area contributed by atoms with Gasteiger partial charge in [-0.3, -0.25) is 4.79 Å². The summed E-state index contributed by atoms with van der Waals surface area (Å²) in [5.74, 6) is -0.609. The molecule has 0 aromatic heterocycles. The lowest BCUT2D eigenvalue weighted by atomic mass is 10.1. The molecule has 1 aromatic rings. The second kappa shape index (κ2) is 5.17. The van der Waals surface area contributed by atoms with Crippen LogP contribution in [0, 0.1) is 0 Å². The molecule has 1 amide bonds. The molecular weight excluding hydrogens is 192 g/mol. The molecule has 15 heavy (non-hydrogen) atoms. The van der Waals surface area contributed by atoms with Crippen molar-refractivity contribution in [3.8, 4) is 0 Å². The van der Waals surface area contributed by atoms with Gasteiger partial charge in [-0.2, -0.15) is 0 Å². The Bertz CT molecular complexity index is 360. The average molecular weight is 206 g/mol. The molecule has 0 aliphatic carbocycles. The Labute approximate surface area is 88.2 Å². The van der Waals surface area contributed by atoms with Crippen molar-refractivity contribution in [2.24, 2.45) is 11.5 Å². The highest BCUT2D eigenvalue weighted by atomic mass is 16.3. The van der Waals surface area contributed by atoms with Crippen LogP contribution >= 0.6 is 0 Å². The number of hydrogen-bond donors (Lipinski definition) is 3. The van der Waals surface area contributed by atoms with Gasteiger partial charge >= 0.3 is 0 Å². The standard InChI is InChI=1S/C11H14N2O2/c12-10(11(13)15)7-9(14)6-8-4-2-1-3-5-8/h1-5,7,10,14H,6,12H2,(H2,13,15)/b9-7-. The normalized spacial score (nSPS) is 13.5. The predicted octanol–water partition coefficient (Wildman–Crippen LogP) is 0.484. The van der Waals surface area contributed by atoms with Gasteiger partial charge in [0.15, 0.2) is 0 Å². The Morgan fingerprint density at radius 2 is 2.00 bits per heavy atom. The van der Waals surface area contributed by atoms with E-state index in [0.717, 1.165) is 5.56 Å². The van der Waals surface area contributed by atoms with Gasteiger partial charge in [0.25, 0.3) is 0 Å². The first kappa shape index (κ1) is 11.3. The van der Waals surface area contributed by atoms with E-state index >= 15 is 0 Å².